The van der Waals surface area contributed by atoms with Gasteiger partial charge in [0.05, 0.1) is 17.6 Å². The number of nitrogens with one attached hydrogen (secondary N) is 1. The molecule has 0 radical (unpaired) electrons. The van der Waals surface area contributed by atoms with Gasteiger partial charge in [0, 0.05) is 12.6 Å². The highest BCUT2D eigenvalue weighted by atomic mass is 32.2. The lowest BCUT2D eigenvalue weighted by molar-refractivity contribution is 0.306. The quantitative estimate of drug-likeness (QED) is 0.409. The molecule has 0 aliphatic rings. The van der Waals surface area contributed by atoms with Crippen LogP contribution >= 0.6 is 0 Å². The number of aromatic nitrogens is 4. The Balaban J connectivity index is 1.46. The fourth-order valence-electron chi connectivity index (χ4n) is 3.36. The summed E-state index contributed by atoms with van der Waals surface area (Å²) in [5.41, 5.74) is 3.00. The monoisotopic (exact) mass is 453 g/mol. The van der Waals surface area contributed by atoms with Crippen LogP contribution in [0.25, 0.3) is 17.0 Å². The molecule has 1 N–H and O–H groups in total. The number of rotatable bonds is 8. The maximum Gasteiger partial charge on any atom is 0.240 e. The number of methoxy groups -OCH3 is 1. The highest BCUT2D eigenvalue weighted by Crippen LogP contribution is 2.28. The number of ether oxygens (including phenoxy) is 2. The molecular weight excluding hydrogens is 430 g/mol. The largest absolute Gasteiger partial charge is 0.496 e. The number of hydrogen-bond acceptors (Lipinski definition) is 7. The summed E-state index contributed by atoms with van der Waals surface area (Å²) in [5.74, 6) is 1.48. The molecule has 9 nitrogen and oxygen atoms in total. The molecule has 166 valence electrons. The van der Waals surface area contributed by atoms with Crippen molar-refractivity contribution in [3.63, 3.8) is 0 Å². The van der Waals surface area contributed by atoms with Crippen LogP contribution in [0.3, 0.4) is 0 Å². The van der Waals surface area contributed by atoms with Gasteiger partial charge in [-0.2, -0.15) is 4.52 Å². The van der Waals surface area contributed by atoms with Crippen molar-refractivity contribution < 1.29 is 17.9 Å². The first-order valence-electron chi connectivity index (χ1n) is 9.94. The second-order valence-electron chi connectivity index (χ2n) is 7.18. The van der Waals surface area contributed by atoms with Gasteiger partial charge < -0.3 is 9.47 Å². The van der Waals surface area contributed by atoms with Gasteiger partial charge in [0.25, 0.3) is 0 Å². The summed E-state index contributed by atoms with van der Waals surface area (Å²) in [6, 6.07) is 16.1. The molecule has 4 aromatic rings. The van der Waals surface area contributed by atoms with E-state index in [9.17, 15) is 8.42 Å². The van der Waals surface area contributed by atoms with E-state index in [1.54, 1.807) is 42.8 Å². The highest BCUT2D eigenvalue weighted by Gasteiger charge is 2.17. The van der Waals surface area contributed by atoms with Gasteiger partial charge in [0.2, 0.25) is 15.9 Å². The molecule has 2 aromatic heterocycles. The number of aryl methyl sites for hydroxylation is 2. The van der Waals surface area contributed by atoms with Gasteiger partial charge in [-0.25, -0.2) is 13.1 Å². The summed E-state index contributed by atoms with van der Waals surface area (Å²) < 4.78 is 40.3. The van der Waals surface area contributed by atoms with Crippen molar-refractivity contribution in [3.05, 3.63) is 65.7 Å². The molecule has 0 bridgehead atoms. The zero-order valence-electron chi connectivity index (χ0n) is 17.9. The number of para-hydroxylation sites is 1. The Hall–Kier alpha value is -3.50. The summed E-state index contributed by atoms with van der Waals surface area (Å²) in [5, 5.41) is 12.8. The topological polar surface area (TPSA) is 108 Å². The lowest BCUT2D eigenvalue weighted by Gasteiger charge is -2.11. The van der Waals surface area contributed by atoms with Crippen molar-refractivity contribution in [2.45, 2.75) is 18.7 Å². The molecule has 0 atom stereocenters. The first-order chi connectivity index (χ1) is 15.4. The zero-order valence-corrected chi connectivity index (χ0v) is 18.8. The molecule has 0 fully saturated rings. The SMILES string of the molecule is COc1ccccc1-c1nnc2ccc(OCCNS(=O)(=O)c3ccc(C)cc3C)nn12. The molecule has 0 saturated heterocycles. The molecule has 10 heteroatoms. The van der Waals surface area contributed by atoms with E-state index in [1.165, 1.54) is 0 Å². The summed E-state index contributed by atoms with van der Waals surface area (Å²) >= 11 is 0. The molecule has 0 unspecified atom stereocenters. The summed E-state index contributed by atoms with van der Waals surface area (Å²) in [7, 11) is -2.04. The van der Waals surface area contributed by atoms with Crippen LogP contribution < -0.4 is 14.2 Å². The average molecular weight is 454 g/mol. The van der Waals surface area contributed by atoms with Gasteiger partial charge in [-0.15, -0.1) is 15.3 Å². The van der Waals surface area contributed by atoms with Crippen LogP contribution in [0.2, 0.25) is 0 Å². The zero-order chi connectivity index (χ0) is 22.7. The van der Waals surface area contributed by atoms with Crippen LogP contribution in [0.5, 0.6) is 11.6 Å². The molecule has 0 amide bonds. The van der Waals surface area contributed by atoms with E-state index in [0.29, 0.717) is 28.7 Å². The first-order valence-corrected chi connectivity index (χ1v) is 11.4. The second kappa shape index (κ2) is 8.93. The van der Waals surface area contributed by atoms with Crippen LogP contribution in [0, 0.1) is 13.8 Å². The Labute approximate surface area is 186 Å². The van der Waals surface area contributed by atoms with Crippen LogP contribution in [0.4, 0.5) is 0 Å². The summed E-state index contributed by atoms with van der Waals surface area (Å²) in [4.78, 5) is 0.258. The van der Waals surface area contributed by atoms with Crippen LogP contribution in [-0.4, -0.2) is 48.5 Å². The van der Waals surface area contributed by atoms with E-state index in [-0.39, 0.29) is 18.0 Å². The van der Waals surface area contributed by atoms with Gasteiger partial charge >= 0.3 is 0 Å². The lowest BCUT2D eigenvalue weighted by atomic mass is 10.2. The molecule has 4 rings (SSSR count). The number of hydrogen-bond donors (Lipinski definition) is 1. The molecular formula is C22H23N5O4S. The predicted molar refractivity (Wildman–Crippen MR) is 119 cm³/mol. The smallest absolute Gasteiger partial charge is 0.240 e. The van der Waals surface area contributed by atoms with Crippen LogP contribution in [0.15, 0.2) is 59.5 Å². The van der Waals surface area contributed by atoms with Crippen LogP contribution in [-0.2, 0) is 10.0 Å². The third kappa shape index (κ3) is 4.41. The molecule has 0 saturated carbocycles. The minimum Gasteiger partial charge on any atom is -0.496 e. The fourth-order valence-corrected chi connectivity index (χ4v) is 4.59. The second-order valence-corrected chi connectivity index (χ2v) is 8.92. The van der Waals surface area contributed by atoms with Crippen molar-refractivity contribution >= 4 is 15.7 Å². The molecule has 0 aliphatic carbocycles. The minimum absolute atomic E-state index is 0.0942. The molecule has 2 heterocycles. The lowest BCUT2D eigenvalue weighted by Crippen LogP contribution is -2.29. The number of nitrogens with zero attached hydrogens (tertiary/aromatic N) is 4. The standard InChI is InChI=1S/C22H23N5O4S/c1-15-8-9-19(16(2)14-15)32(28,29)23-12-13-31-21-11-10-20-24-25-22(27(20)26-21)17-6-4-5-7-18(17)30-3/h4-11,14,23H,12-13H2,1-3H3. The Morgan fingerprint density at radius 3 is 2.62 bits per heavy atom. The Morgan fingerprint density at radius 2 is 1.84 bits per heavy atom. The van der Waals surface area contributed by atoms with Crippen LogP contribution in [0.1, 0.15) is 11.1 Å². The molecule has 32 heavy (non-hydrogen) atoms. The van der Waals surface area contributed by atoms with Crippen molar-refractivity contribution in [3.8, 4) is 23.0 Å². The Kier molecular flexibility index (Phi) is 6.06. The number of benzene rings is 2. The predicted octanol–water partition coefficient (Wildman–Crippen LogP) is 2.77. The minimum atomic E-state index is -3.63. The summed E-state index contributed by atoms with van der Waals surface area (Å²) in [6.45, 7) is 3.89. The highest BCUT2D eigenvalue weighted by molar-refractivity contribution is 7.89. The Bertz CT molecular complexity index is 1370. The van der Waals surface area contributed by atoms with E-state index in [4.69, 9.17) is 9.47 Å². The number of sulfonamides is 1. The third-order valence-electron chi connectivity index (χ3n) is 4.85. The third-order valence-corrected chi connectivity index (χ3v) is 6.47. The average Bonchev–Trinajstić information content (AvgIpc) is 3.19. The molecule has 0 aliphatic heterocycles. The van der Waals surface area contributed by atoms with Crippen molar-refractivity contribution in [2.75, 3.05) is 20.3 Å². The van der Waals surface area contributed by atoms with Gasteiger partial charge in [-0.05, 0) is 43.7 Å². The van der Waals surface area contributed by atoms with E-state index in [0.717, 1.165) is 11.1 Å². The summed E-state index contributed by atoms with van der Waals surface area (Å²) in [6.07, 6.45) is 0. The van der Waals surface area contributed by atoms with E-state index >= 15 is 0 Å². The number of fused-ring (bicyclic) bond motifs is 1. The van der Waals surface area contributed by atoms with Gasteiger partial charge in [-0.3, -0.25) is 0 Å². The normalized spacial score (nSPS) is 11.6. The maximum atomic E-state index is 12.6. The van der Waals surface area contributed by atoms with Gasteiger partial charge in [0.15, 0.2) is 11.5 Å². The van der Waals surface area contributed by atoms with Crippen molar-refractivity contribution in [1.29, 1.82) is 0 Å². The van der Waals surface area contributed by atoms with Crippen molar-refractivity contribution in [1.82, 2.24) is 24.5 Å². The maximum absolute atomic E-state index is 12.6. The van der Waals surface area contributed by atoms with Gasteiger partial charge in [0.1, 0.15) is 12.4 Å². The van der Waals surface area contributed by atoms with E-state index < -0.39 is 10.0 Å². The Morgan fingerprint density at radius 1 is 1.03 bits per heavy atom. The fraction of sp³-hybridized carbons (Fsp3) is 0.227. The first kappa shape index (κ1) is 21.7. The molecule has 2 aromatic carbocycles. The van der Waals surface area contributed by atoms with E-state index in [1.807, 2.05) is 37.3 Å². The molecule has 0 spiro atoms. The van der Waals surface area contributed by atoms with E-state index in [2.05, 4.69) is 20.0 Å². The van der Waals surface area contributed by atoms with Gasteiger partial charge in [-0.1, -0.05) is 29.8 Å². The van der Waals surface area contributed by atoms with Crippen molar-refractivity contribution in [2.24, 2.45) is 0 Å².